The Morgan fingerprint density at radius 1 is 1.29 bits per heavy atom. The van der Waals surface area contributed by atoms with Crippen molar-refractivity contribution in [2.45, 2.75) is 0 Å². The van der Waals surface area contributed by atoms with Crippen LogP contribution in [0, 0.1) is 3.57 Å². The fourth-order valence-corrected chi connectivity index (χ4v) is 1.86. The topological polar surface area (TPSA) is 62.2 Å². The van der Waals surface area contributed by atoms with Gasteiger partial charge in [0.05, 0.1) is 11.8 Å². The number of benzene rings is 1. The smallest absolute Gasteiger partial charge is 0.257 e. The van der Waals surface area contributed by atoms with Crippen LogP contribution in [0.25, 0.3) is 0 Å². The fourth-order valence-electron chi connectivity index (χ4n) is 1.32. The molecule has 17 heavy (non-hydrogen) atoms. The molecule has 0 radical (unpaired) electrons. The molecule has 4 nitrogen and oxygen atoms in total. The minimum absolute atomic E-state index is 0.0275. The molecule has 5 heteroatoms. The Labute approximate surface area is 112 Å². The molecule has 0 bridgehead atoms. The molecule has 1 amide bonds. The van der Waals surface area contributed by atoms with Gasteiger partial charge in [-0.3, -0.25) is 9.78 Å². The number of halogens is 1. The van der Waals surface area contributed by atoms with Crippen molar-refractivity contribution in [3.05, 3.63) is 51.9 Å². The lowest BCUT2D eigenvalue weighted by Crippen LogP contribution is -2.12. The molecule has 2 rings (SSSR count). The highest BCUT2D eigenvalue weighted by molar-refractivity contribution is 14.1. The quantitative estimate of drug-likeness (QED) is 0.827. The number of hydrogen-bond acceptors (Lipinski definition) is 3. The SMILES string of the molecule is O=C(Nc1cccc(I)c1)c1cncc(O)c1. The van der Waals surface area contributed by atoms with Gasteiger partial charge in [-0.1, -0.05) is 6.07 Å². The minimum Gasteiger partial charge on any atom is -0.506 e. The first-order valence-corrected chi connectivity index (χ1v) is 5.94. The molecule has 0 fully saturated rings. The molecular formula is C12H9IN2O2. The van der Waals surface area contributed by atoms with Gasteiger partial charge in [0.2, 0.25) is 0 Å². The average molecular weight is 340 g/mol. The summed E-state index contributed by atoms with van der Waals surface area (Å²) in [5.74, 6) is -0.323. The molecule has 1 heterocycles. The number of carbonyl (C=O) groups is 1. The van der Waals surface area contributed by atoms with E-state index in [1.165, 1.54) is 18.5 Å². The van der Waals surface area contributed by atoms with E-state index in [0.717, 1.165) is 3.57 Å². The van der Waals surface area contributed by atoms with Crippen molar-refractivity contribution in [1.82, 2.24) is 4.98 Å². The molecule has 0 unspecified atom stereocenters. The summed E-state index contributed by atoms with van der Waals surface area (Å²) in [5.41, 5.74) is 1.04. The molecule has 1 aromatic carbocycles. The molecule has 0 aliphatic heterocycles. The number of aromatic hydroxyl groups is 1. The van der Waals surface area contributed by atoms with Crippen LogP contribution >= 0.6 is 22.6 Å². The second-order valence-electron chi connectivity index (χ2n) is 3.40. The van der Waals surface area contributed by atoms with Crippen LogP contribution in [-0.4, -0.2) is 16.0 Å². The minimum atomic E-state index is -0.296. The maximum absolute atomic E-state index is 11.8. The Kier molecular flexibility index (Phi) is 3.58. The number of nitrogens with zero attached hydrogens (tertiary/aromatic N) is 1. The largest absolute Gasteiger partial charge is 0.506 e. The fraction of sp³-hybridized carbons (Fsp3) is 0. The molecule has 86 valence electrons. The summed E-state index contributed by atoms with van der Waals surface area (Å²) in [6, 6.07) is 8.82. The van der Waals surface area contributed by atoms with E-state index in [9.17, 15) is 9.90 Å². The van der Waals surface area contributed by atoms with Crippen molar-refractivity contribution in [3.63, 3.8) is 0 Å². The Balaban J connectivity index is 2.17. The molecule has 2 N–H and O–H groups in total. The molecule has 1 aromatic heterocycles. The lowest BCUT2D eigenvalue weighted by atomic mass is 10.2. The van der Waals surface area contributed by atoms with Gasteiger partial charge in [-0.2, -0.15) is 0 Å². The Morgan fingerprint density at radius 2 is 2.12 bits per heavy atom. The molecule has 0 saturated carbocycles. The summed E-state index contributed by atoms with van der Waals surface area (Å²) in [6.45, 7) is 0. The molecule has 0 atom stereocenters. The first-order chi connectivity index (χ1) is 8.15. The standard InChI is InChI=1S/C12H9IN2O2/c13-9-2-1-3-10(5-9)15-12(17)8-4-11(16)7-14-6-8/h1-7,16H,(H,15,17). The number of anilines is 1. The number of pyridine rings is 1. The summed E-state index contributed by atoms with van der Waals surface area (Å²) in [4.78, 5) is 15.6. The van der Waals surface area contributed by atoms with E-state index < -0.39 is 0 Å². The van der Waals surface area contributed by atoms with Crippen molar-refractivity contribution in [3.8, 4) is 5.75 Å². The zero-order valence-corrected chi connectivity index (χ0v) is 10.9. The van der Waals surface area contributed by atoms with Crippen molar-refractivity contribution < 1.29 is 9.90 Å². The monoisotopic (exact) mass is 340 g/mol. The van der Waals surface area contributed by atoms with Gasteiger partial charge in [-0.05, 0) is 46.9 Å². The van der Waals surface area contributed by atoms with Gasteiger partial charge in [0.15, 0.2) is 0 Å². The maximum Gasteiger partial charge on any atom is 0.257 e. The zero-order chi connectivity index (χ0) is 12.3. The van der Waals surface area contributed by atoms with Crippen LogP contribution in [0.15, 0.2) is 42.7 Å². The van der Waals surface area contributed by atoms with Crippen LogP contribution in [0.1, 0.15) is 10.4 Å². The van der Waals surface area contributed by atoms with E-state index in [2.05, 4.69) is 32.9 Å². The lowest BCUT2D eigenvalue weighted by Gasteiger charge is -2.05. The second kappa shape index (κ2) is 5.13. The predicted octanol–water partition coefficient (Wildman–Crippen LogP) is 2.64. The first-order valence-electron chi connectivity index (χ1n) is 4.86. The Hall–Kier alpha value is -1.63. The first kappa shape index (κ1) is 11.8. The third-order valence-electron chi connectivity index (χ3n) is 2.07. The van der Waals surface area contributed by atoms with Gasteiger partial charge >= 0.3 is 0 Å². The van der Waals surface area contributed by atoms with E-state index in [4.69, 9.17) is 0 Å². The third-order valence-corrected chi connectivity index (χ3v) is 2.74. The molecule has 0 saturated heterocycles. The van der Waals surface area contributed by atoms with Gasteiger partial charge in [-0.25, -0.2) is 0 Å². The van der Waals surface area contributed by atoms with Crippen molar-refractivity contribution in [1.29, 1.82) is 0 Å². The van der Waals surface area contributed by atoms with Gasteiger partial charge in [0.1, 0.15) is 5.75 Å². The van der Waals surface area contributed by atoms with E-state index >= 15 is 0 Å². The maximum atomic E-state index is 11.8. The van der Waals surface area contributed by atoms with Crippen molar-refractivity contribution in [2.75, 3.05) is 5.32 Å². The highest BCUT2D eigenvalue weighted by Crippen LogP contribution is 2.14. The third kappa shape index (κ3) is 3.16. The highest BCUT2D eigenvalue weighted by Gasteiger charge is 2.07. The van der Waals surface area contributed by atoms with E-state index in [1.807, 2.05) is 18.2 Å². The Bertz CT molecular complexity index is 558. The summed E-state index contributed by atoms with van der Waals surface area (Å²) in [5, 5.41) is 12.0. The van der Waals surface area contributed by atoms with E-state index in [-0.39, 0.29) is 11.7 Å². The van der Waals surface area contributed by atoms with Crippen LogP contribution in [-0.2, 0) is 0 Å². The van der Waals surface area contributed by atoms with E-state index in [0.29, 0.717) is 11.3 Å². The van der Waals surface area contributed by atoms with Crippen LogP contribution in [0.4, 0.5) is 5.69 Å². The van der Waals surface area contributed by atoms with Crippen molar-refractivity contribution >= 4 is 34.2 Å². The number of amides is 1. The molecular weight excluding hydrogens is 331 g/mol. The molecule has 2 aromatic rings. The van der Waals surface area contributed by atoms with Crippen LogP contribution in [0.2, 0.25) is 0 Å². The van der Waals surface area contributed by atoms with Crippen molar-refractivity contribution in [2.24, 2.45) is 0 Å². The van der Waals surface area contributed by atoms with Gasteiger partial charge in [0.25, 0.3) is 5.91 Å². The summed E-state index contributed by atoms with van der Waals surface area (Å²) in [6.07, 6.45) is 2.69. The highest BCUT2D eigenvalue weighted by atomic mass is 127. The number of aromatic nitrogens is 1. The molecule has 0 spiro atoms. The number of carbonyl (C=O) groups excluding carboxylic acids is 1. The van der Waals surface area contributed by atoms with Crippen LogP contribution in [0.3, 0.4) is 0 Å². The zero-order valence-electron chi connectivity index (χ0n) is 8.72. The van der Waals surface area contributed by atoms with Gasteiger partial charge < -0.3 is 10.4 Å². The van der Waals surface area contributed by atoms with Gasteiger partial charge in [0, 0.05) is 15.5 Å². The number of hydrogen-bond donors (Lipinski definition) is 2. The van der Waals surface area contributed by atoms with Gasteiger partial charge in [-0.15, -0.1) is 0 Å². The van der Waals surface area contributed by atoms with Crippen LogP contribution in [0.5, 0.6) is 5.75 Å². The Morgan fingerprint density at radius 3 is 2.82 bits per heavy atom. The molecule has 0 aliphatic rings. The normalized spacial score (nSPS) is 9.94. The number of rotatable bonds is 2. The predicted molar refractivity (Wildman–Crippen MR) is 73.0 cm³/mol. The number of nitrogens with one attached hydrogen (secondary N) is 1. The molecule has 0 aliphatic carbocycles. The lowest BCUT2D eigenvalue weighted by molar-refractivity contribution is 0.102. The second-order valence-corrected chi connectivity index (χ2v) is 4.64. The summed E-state index contributed by atoms with van der Waals surface area (Å²) in [7, 11) is 0. The van der Waals surface area contributed by atoms with E-state index in [1.54, 1.807) is 6.07 Å². The summed E-state index contributed by atoms with van der Waals surface area (Å²) >= 11 is 2.17. The average Bonchev–Trinajstić information content (AvgIpc) is 2.29. The summed E-state index contributed by atoms with van der Waals surface area (Å²) < 4.78 is 1.04. The van der Waals surface area contributed by atoms with Crippen LogP contribution < -0.4 is 5.32 Å².